The van der Waals surface area contributed by atoms with Crippen LogP contribution in [0.15, 0.2) is 48.7 Å². The molecule has 162 valence electrons. The summed E-state index contributed by atoms with van der Waals surface area (Å²) in [7, 11) is 2.11. The van der Waals surface area contributed by atoms with Crippen molar-refractivity contribution in [3.8, 4) is 0 Å². The van der Waals surface area contributed by atoms with Crippen molar-refractivity contribution in [2.24, 2.45) is 7.05 Å². The van der Waals surface area contributed by atoms with E-state index in [4.69, 9.17) is 0 Å². The standard InChI is InChI=1S/C25H31N5O/c1-3-6-21-16-20-15-19(8-9-23(20)27(21)2)25(31)30-17-22(18-30)28-11-13-29(14-12-28)24-7-4-5-10-26-24/h4-5,7-10,15-16,22H,3,6,11-14,17-18H2,1-2H3. The van der Waals surface area contributed by atoms with E-state index in [-0.39, 0.29) is 5.91 Å². The van der Waals surface area contributed by atoms with Crippen LogP contribution in [-0.2, 0) is 13.5 Å². The van der Waals surface area contributed by atoms with E-state index in [1.54, 1.807) is 0 Å². The number of likely N-dealkylation sites (tertiary alicyclic amines) is 1. The minimum absolute atomic E-state index is 0.158. The fourth-order valence-corrected chi connectivity index (χ4v) is 4.93. The van der Waals surface area contributed by atoms with Gasteiger partial charge in [-0.15, -0.1) is 0 Å². The van der Waals surface area contributed by atoms with E-state index < -0.39 is 0 Å². The number of rotatable bonds is 5. The van der Waals surface area contributed by atoms with Gasteiger partial charge in [0.25, 0.3) is 5.91 Å². The molecule has 1 amide bonds. The van der Waals surface area contributed by atoms with E-state index in [1.165, 1.54) is 16.6 Å². The minimum Gasteiger partial charge on any atom is -0.354 e. The van der Waals surface area contributed by atoms with Crippen LogP contribution in [0.2, 0.25) is 0 Å². The molecule has 2 saturated heterocycles. The number of amides is 1. The molecule has 6 nitrogen and oxygen atoms in total. The first-order chi connectivity index (χ1) is 15.1. The van der Waals surface area contributed by atoms with E-state index >= 15 is 0 Å². The zero-order chi connectivity index (χ0) is 21.4. The summed E-state index contributed by atoms with van der Waals surface area (Å²) in [5, 5.41) is 1.17. The van der Waals surface area contributed by atoms with Gasteiger partial charge in [0.2, 0.25) is 0 Å². The van der Waals surface area contributed by atoms with Crippen LogP contribution in [0.4, 0.5) is 5.82 Å². The second kappa shape index (κ2) is 8.35. The van der Waals surface area contributed by atoms with Crippen molar-refractivity contribution in [1.29, 1.82) is 0 Å². The third-order valence-electron chi connectivity index (χ3n) is 6.85. The molecule has 31 heavy (non-hydrogen) atoms. The first-order valence-corrected chi connectivity index (χ1v) is 11.4. The first-order valence-electron chi connectivity index (χ1n) is 11.4. The molecular formula is C25H31N5O. The summed E-state index contributed by atoms with van der Waals surface area (Å²) >= 11 is 0. The highest BCUT2D eigenvalue weighted by Crippen LogP contribution is 2.25. The molecule has 1 aromatic carbocycles. The smallest absolute Gasteiger partial charge is 0.253 e. The molecule has 2 aliphatic rings. The van der Waals surface area contributed by atoms with E-state index in [0.717, 1.165) is 63.5 Å². The minimum atomic E-state index is 0.158. The van der Waals surface area contributed by atoms with Gasteiger partial charge >= 0.3 is 0 Å². The quantitative estimate of drug-likeness (QED) is 0.640. The van der Waals surface area contributed by atoms with Crippen molar-refractivity contribution in [2.75, 3.05) is 44.2 Å². The third-order valence-corrected chi connectivity index (χ3v) is 6.85. The number of piperazine rings is 1. The van der Waals surface area contributed by atoms with E-state index in [0.29, 0.717) is 6.04 Å². The fraction of sp³-hybridized carbons (Fsp3) is 0.440. The molecule has 0 aliphatic carbocycles. The molecule has 0 saturated carbocycles. The normalized spacial score (nSPS) is 17.9. The monoisotopic (exact) mass is 417 g/mol. The Labute approximate surface area is 184 Å². The number of carbonyl (C=O) groups is 1. The van der Waals surface area contributed by atoms with Crippen LogP contribution < -0.4 is 4.90 Å². The van der Waals surface area contributed by atoms with Crippen LogP contribution in [0.1, 0.15) is 29.4 Å². The van der Waals surface area contributed by atoms with Gasteiger partial charge in [0, 0.05) is 80.7 Å². The van der Waals surface area contributed by atoms with Gasteiger partial charge in [0.05, 0.1) is 0 Å². The zero-order valence-corrected chi connectivity index (χ0v) is 18.5. The van der Waals surface area contributed by atoms with Crippen LogP contribution in [0.25, 0.3) is 10.9 Å². The van der Waals surface area contributed by atoms with Gasteiger partial charge in [-0.3, -0.25) is 9.69 Å². The highest BCUT2D eigenvalue weighted by Gasteiger charge is 2.36. The zero-order valence-electron chi connectivity index (χ0n) is 18.5. The average molecular weight is 418 g/mol. The summed E-state index contributed by atoms with van der Waals surface area (Å²) in [6.07, 6.45) is 4.05. The molecule has 0 N–H and O–H groups in total. The lowest BCUT2D eigenvalue weighted by Crippen LogP contribution is -2.64. The summed E-state index contributed by atoms with van der Waals surface area (Å²) in [6.45, 7) is 7.90. The van der Waals surface area contributed by atoms with Gasteiger partial charge in [0.15, 0.2) is 0 Å². The SMILES string of the molecule is CCCc1cc2cc(C(=O)N3CC(N4CCN(c5ccccn5)CC4)C3)ccc2n1C. The lowest BCUT2D eigenvalue weighted by Gasteiger charge is -2.48. The summed E-state index contributed by atoms with van der Waals surface area (Å²) in [4.78, 5) is 24.4. The predicted octanol–water partition coefficient (Wildman–Crippen LogP) is 3.17. The second-order valence-electron chi connectivity index (χ2n) is 8.79. The summed E-state index contributed by atoms with van der Waals surface area (Å²) in [5.41, 5.74) is 3.34. The Morgan fingerprint density at radius 1 is 1.06 bits per heavy atom. The molecule has 2 aliphatic heterocycles. The number of aryl methyl sites for hydroxylation is 2. The Bertz CT molecular complexity index is 1060. The molecular weight excluding hydrogens is 386 g/mol. The van der Waals surface area contributed by atoms with Gasteiger partial charge in [-0.25, -0.2) is 4.98 Å². The Kier molecular flexibility index (Phi) is 5.40. The number of hydrogen-bond donors (Lipinski definition) is 0. The molecule has 5 rings (SSSR count). The van der Waals surface area contributed by atoms with Gasteiger partial charge in [-0.1, -0.05) is 19.4 Å². The summed E-state index contributed by atoms with van der Waals surface area (Å²) < 4.78 is 2.25. The van der Waals surface area contributed by atoms with Crippen molar-refractivity contribution < 1.29 is 4.79 Å². The Balaban J connectivity index is 1.18. The lowest BCUT2D eigenvalue weighted by atomic mass is 10.0. The number of nitrogens with zero attached hydrogens (tertiary/aromatic N) is 5. The number of aromatic nitrogens is 2. The molecule has 6 heteroatoms. The second-order valence-corrected chi connectivity index (χ2v) is 8.79. The Morgan fingerprint density at radius 3 is 2.58 bits per heavy atom. The average Bonchev–Trinajstić information content (AvgIpc) is 3.09. The fourth-order valence-electron chi connectivity index (χ4n) is 4.93. The van der Waals surface area contributed by atoms with Crippen molar-refractivity contribution in [3.05, 3.63) is 59.9 Å². The van der Waals surface area contributed by atoms with E-state index in [9.17, 15) is 4.79 Å². The Morgan fingerprint density at radius 2 is 1.87 bits per heavy atom. The van der Waals surface area contributed by atoms with Crippen molar-refractivity contribution in [1.82, 2.24) is 19.4 Å². The van der Waals surface area contributed by atoms with Crippen molar-refractivity contribution in [2.45, 2.75) is 25.8 Å². The van der Waals surface area contributed by atoms with Gasteiger partial charge < -0.3 is 14.4 Å². The molecule has 0 radical (unpaired) electrons. The maximum absolute atomic E-state index is 13.0. The van der Waals surface area contributed by atoms with Crippen LogP contribution >= 0.6 is 0 Å². The third kappa shape index (κ3) is 3.81. The molecule has 0 spiro atoms. The molecule has 0 bridgehead atoms. The van der Waals surface area contributed by atoms with E-state index in [1.807, 2.05) is 29.3 Å². The molecule has 0 atom stereocenters. The maximum atomic E-state index is 13.0. The van der Waals surface area contributed by atoms with Crippen LogP contribution in [0.3, 0.4) is 0 Å². The number of anilines is 1. The largest absolute Gasteiger partial charge is 0.354 e. The van der Waals surface area contributed by atoms with Crippen LogP contribution in [0.5, 0.6) is 0 Å². The maximum Gasteiger partial charge on any atom is 0.253 e. The number of pyridine rings is 1. The molecule has 2 fully saturated rings. The lowest BCUT2D eigenvalue weighted by molar-refractivity contribution is 0.0246. The van der Waals surface area contributed by atoms with E-state index in [2.05, 4.69) is 57.6 Å². The number of fused-ring (bicyclic) bond motifs is 1. The van der Waals surface area contributed by atoms with Gasteiger partial charge in [0.1, 0.15) is 5.82 Å². The number of benzene rings is 1. The summed E-state index contributed by atoms with van der Waals surface area (Å²) in [6, 6.07) is 14.9. The van der Waals surface area contributed by atoms with Crippen molar-refractivity contribution >= 4 is 22.6 Å². The predicted molar refractivity (Wildman–Crippen MR) is 125 cm³/mol. The molecule has 3 aromatic rings. The molecule has 4 heterocycles. The topological polar surface area (TPSA) is 44.6 Å². The Hall–Kier alpha value is -2.86. The first kappa shape index (κ1) is 20.1. The molecule has 0 unspecified atom stereocenters. The highest BCUT2D eigenvalue weighted by atomic mass is 16.2. The van der Waals surface area contributed by atoms with Gasteiger partial charge in [-0.2, -0.15) is 0 Å². The number of carbonyl (C=O) groups excluding carboxylic acids is 1. The number of hydrogen-bond acceptors (Lipinski definition) is 4. The van der Waals surface area contributed by atoms with Crippen LogP contribution in [-0.4, -0.2) is 70.6 Å². The molecule has 2 aromatic heterocycles. The van der Waals surface area contributed by atoms with Crippen molar-refractivity contribution in [3.63, 3.8) is 0 Å². The summed E-state index contributed by atoms with van der Waals surface area (Å²) in [5.74, 6) is 1.22. The van der Waals surface area contributed by atoms with Crippen LogP contribution in [0, 0.1) is 0 Å². The van der Waals surface area contributed by atoms with Gasteiger partial charge in [-0.05, 0) is 42.8 Å². The highest BCUT2D eigenvalue weighted by molar-refractivity contribution is 5.98.